The maximum atomic E-state index is 13.0. The summed E-state index contributed by atoms with van der Waals surface area (Å²) in [6, 6.07) is 9.19. The number of nitrogens with zero attached hydrogens (tertiary/aromatic N) is 1. The van der Waals surface area contributed by atoms with Gasteiger partial charge in [0.15, 0.2) is 0 Å². The van der Waals surface area contributed by atoms with Crippen molar-refractivity contribution in [3.63, 3.8) is 0 Å². The number of aliphatic hydroxyl groups is 1. The third-order valence-electron chi connectivity index (χ3n) is 5.78. The van der Waals surface area contributed by atoms with Gasteiger partial charge in [0.05, 0.1) is 18.2 Å². The van der Waals surface area contributed by atoms with Crippen LogP contribution >= 0.6 is 0 Å². The zero-order valence-corrected chi connectivity index (χ0v) is 19.1. The first-order valence-corrected chi connectivity index (χ1v) is 10.8. The van der Waals surface area contributed by atoms with Crippen molar-refractivity contribution in [1.82, 2.24) is 4.90 Å². The molecule has 168 valence electrons. The van der Waals surface area contributed by atoms with Crippen LogP contribution in [0.2, 0.25) is 0 Å². The molecule has 30 heavy (non-hydrogen) atoms. The summed E-state index contributed by atoms with van der Waals surface area (Å²) in [5, 5.41) is 10.6. The van der Waals surface area contributed by atoms with Gasteiger partial charge in [-0.05, 0) is 45.1 Å². The number of ether oxygens (including phenoxy) is 2. The van der Waals surface area contributed by atoms with Gasteiger partial charge in [0.25, 0.3) is 0 Å². The fraction of sp³-hybridized carbons (Fsp3) is 0.667. The summed E-state index contributed by atoms with van der Waals surface area (Å²) in [6.45, 7) is 9.86. The monoisotopic (exact) mass is 419 g/mol. The molecule has 6 heteroatoms. The summed E-state index contributed by atoms with van der Waals surface area (Å²) in [7, 11) is 1.59. The van der Waals surface area contributed by atoms with Crippen molar-refractivity contribution in [2.75, 3.05) is 13.7 Å². The molecule has 1 fully saturated rings. The molecule has 2 rings (SSSR count). The summed E-state index contributed by atoms with van der Waals surface area (Å²) >= 11 is 0. The molecule has 1 N–H and O–H groups in total. The number of carbonyl (C=O) groups is 2. The van der Waals surface area contributed by atoms with E-state index in [0.29, 0.717) is 6.54 Å². The van der Waals surface area contributed by atoms with Crippen molar-refractivity contribution in [2.45, 2.75) is 77.7 Å². The van der Waals surface area contributed by atoms with Crippen LogP contribution in [-0.2, 0) is 14.3 Å². The largest absolute Gasteiger partial charge is 0.444 e. The van der Waals surface area contributed by atoms with E-state index in [1.165, 1.54) is 0 Å². The van der Waals surface area contributed by atoms with Crippen molar-refractivity contribution < 1.29 is 24.2 Å². The number of hydrogen-bond acceptors (Lipinski definition) is 5. The Kier molecular flexibility index (Phi) is 8.44. The normalized spacial score (nSPS) is 21.0. The summed E-state index contributed by atoms with van der Waals surface area (Å²) in [5.74, 6) is -0.584. The maximum Gasteiger partial charge on any atom is 0.410 e. The van der Waals surface area contributed by atoms with Crippen LogP contribution in [0.5, 0.6) is 0 Å². The highest BCUT2D eigenvalue weighted by molar-refractivity contribution is 5.81. The van der Waals surface area contributed by atoms with Crippen molar-refractivity contribution in [2.24, 2.45) is 11.8 Å². The van der Waals surface area contributed by atoms with Crippen molar-refractivity contribution >= 4 is 11.9 Å². The molecule has 0 spiro atoms. The number of methoxy groups -OCH3 is 1. The molecule has 5 atom stereocenters. The van der Waals surface area contributed by atoms with Crippen LogP contribution < -0.4 is 0 Å². The second-order valence-corrected chi connectivity index (χ2v) is 9.38. The molecule has 0 unspecified atom stereocenters. The fourth-order valence-electron chi connectivity index (χ4n) is 4.15. The first kappa shape index (κ1) is 24.4. The Morgan fingerprint density at radius 3 is 2.40 bits per heavy atom. The minimum Gasteiger partial charge on any atom is -0.444 e. The van der Waals surface area contributed by atoms with Gasteiger partial charge in [0.2, 0.25) is 0 Å². The van der Waals surface area contributed by atoms with E-state index in [-0.39, 0.29) is 30.3 Å². The molecule has 1 heterocycles. The highest BCUT2D eigenvalue weighted by Gasteiger charge is 2.41. The molecule has 6 nitrogen and oxygen atoms in total. The van der Waals surface area contributed by atoms with Crippen molar-refractivity contribution in [1.29, 1.82) is 0 Å². The lowest BCUT2D eigenvalue weighted by molar-refractivity contribution is -0.130. The topological polar surface area (TPSA) is 76.1 Å². The minimum absolute atomic E-state index is 0.0281. The first-order chi connectivity index (χ1) is 14.0. The Morgan fingerprint density at radius 2 is 1.83 bits per heavy atom. The van der Waals surface area contributed by atoms with Gasteiger partial charge in [-0.2, -0.15) is 0 Å². The van der Waals surface area contributed by atoms with E-state index in [1.807, 2.05) is 65.0 Å². The molecule has 1 saturated heterocycles. The average molecular weight is 420 g/mol. The van der Waals surface area contributed by atoms with Crippen molar-refractivity contribution in [3.8, 4) is 0 Å². The number of aliphatic hydroxyl groups excluding tert-OH is 1. The molecular formula is C24H37NO5. The molecule has 0 bridgehead atoms. The second-order valence-electron chi connectivity index (χ2n) is 9.38. The van der Waals surface area contributed by atoms with Gasteiger partial charge >= 0.3 is 6.09 Å². The molecule has 0 aliphatic carbocycles. The van der Waals surface area contributed by atoms with Crippen LogP contribution in [0.4, 0.5) is 4.79 Å². The highest BCUT2D eigenvalue weighted by Crippen LogP contribution is 2.31. The number of hydrogen-bond donors (Lipinski definition) is 1. The number of carbonyl (C=O) groups excluding carboxylic acids is 2. The smallest absolute Gasteiger partial charge is 0.410 e. The molecule has 1 amide bonds. The van der Waals surface area contributed by atoms with Gasteiger partial charge in [-0.1, -0.05) is 44.2 Å². The van der Waals surface area contributed by atoms with E-state index in [2.05, 4.69) is 0 Å². The Labute approximate surface area is 180 Å². The van der Waals surface area contributed by atoms with Gasteiger partial charge in [0.1, 0.15) is 11.4 Å². The van der Waals surface area contributed by atoms with Crippen molar-refractivity contribution in [3.05, 3.63) is 35.9 Å². The van der Waals surface area contributed by atoms with Crippen LogP contribution in [0.1, 0.15) is 65.5 Å². The van der Waals surface area contributed by atoms with Gasteiger partial charge in [-0.3, -0.25) is 4.79 Å². The van der Waals surface area contributed by atoms with Gasteiger partial charge < -0.3 is 19.5 Å². The number of rotatable bonds is 8. The Balaban J connectivity index is 2.04. The highest BCUT2D eigenvalue weighted by atomic mass is 16.6. The molecule has 0 aromatic heterocycles. The molecule has 1 aliphatic rings. The van der Waals surface area contributed by atoms with Crippen LogP contribution in [0.25, 0.3) is 0 Å². The summed E-state index contributed by atoms with van der Waals surface area (Å²) in [4.78, 5) is 27.4. The van der Waals surface area contributed by atoms with Crippen LogP contribution in [0.3, 0.4) is 0 Å². The Hall–Kier alpha value is -1.92. The molecule has 0 saturated carbocycles. The number of amides is 1. The maximum absolute atomic E-state index is 13.0. The second kappa shape index (κ2) is 10.4. The number of Topliss-reactive ketones (excluding diaryl/α,β-unsaturated/α-hetero) is 1. The van der Waals surface area contributed by atoms with Gasteiger partial charge in [-0.25, -0.2) is 4.79 Å². The van der Waals surface area contributed by atoms with E-state index in [1.54, 1.807) is 12.0 Å². The standard InChI is InChI=1S/C24H37NO5/c1-16(21(27)18-11-8-7-9-12-18)15-20(26)17(2)22(29-6)19-13-10-14-25(19)23(28)30-24(3,4)5/h7-9,11-12,16-17,19,21-22,27H,10,13-15H2,1-6H3/t16-,17-,19-,21+,22+/m0/s1. The molecular weight excluding hydrogens is 382 g/mol. The fourth-order valence-corrected chi connectivity index (χ4v) is 4.15. The zero-order chi connectivity index (χ0) is 22.5. The van der Waals surface area contributed by atoms with E-state index in [9.17, 15) is 14.7 Å². The lowest BCUT2D eigenvalue weighted by atomic mass is 9.85. The van der Waals surface area contributed by atoms with E-state index < -0.39 is 23.7 Å². The number of benzene rings is 1. The Bertz CT molecular complexity index is 699. The summed E-state index contributed by atoms with van der Waals surface area (Å²) < 4.78 is 11.3. The minimum atomic E-state index is -0.701. The zero-order valence-electron chi connectivity index (χ0n) is 19.1. The predicted octanol–water partition coefficient (Wildman–Crippen LogP) is 4.37. The Morgan fingerprint density at radius 1 is 1.20 bits per heavy atom. The molecule has 1 aromatic carbocycles. The number of likely N-dealkylation sites (tertiary alicyclic amines) is 1. The number of ketones is 1. The van der Waals surface area contributed by atoms with Crippen LogP contribution in [0, 0.1) is 11.8 Å². The lowest BCUT2D eigenvalue weighted by Crippen LogP contribution is -2.49. The third kappa shape index (κ3) is 6.29. The first-order valence-electron chi connectivity index (χ1n) is 10.8. The van der Waals surface area contributed by atoms with Crippen LogP contribution in [0.15, 0.2) is 30.3 Å². The lowest BCUT2D eigenvalue weighted by Gasteiger charge is -2.35. The average Bonchev–Trinajstić information content (AvgIpc) is 3.16. The van der Waals surface area contributed by atoms with Crippen LogP contribution in [-0.4, -0.2) is 53.3 Å². The van der Waals surface area contributed by atoms with Gasteiger partial charge in [0, 0.05) is 26.0 Å². The van der Waals surface area contributed by atoms with E-state index in [4.69, 9.17) is 9.47 Å². The SMILES string of the molecule is CO[C@H]([C@@H](C)C(=O)C[C@H](C)[C@@H](O)c1ccccc1)[C@@H]1CCCN1C(=O)OC(C)(C)C. The van der Waals surface area contributed by atoms with E-state index >= 15 is 0 Å². The molecule has 1 aliphatic heterocycles. The third-order valence-corrected chi connectivity index (χ3v) is 5.78. The summed E-state index contributed by atoms with van der Waals surface area (Å²) in [5.41, 5.74) is 0.234. The van der Waals surface area contributed by atoms with Gasteiger partial charge in [-0.15, -0.1) is 0 Å². The summed E-state index contributed by atoms with van der Waals surface area (Å²) in [6.07, 6.45) is 0.406. The predicted molar refractivity (Wildman–Crippen MR) is 116 cm³/mol. The molecule has 1 aromatic rings. The molecule has 0 radical (unpaired) electrons. The van der Waals surface area contributed by atoms with E-state index in [0.717, 1.165) is 18.4 Å². The quantitative estimate of drug-likeness (QED) is 0.677.